The zero-order valence-electron chi connectivity index (χ0n) is 16.0. The lowest BCUT2D eigenvalue weighted by Gasteiger charge is -2.42. The Labute approximate surface area is 146 Å². The summed E-state index contributed by atoms with van der Waals surface area (Å²) in [6.45, 7) is 11.2. The number of hydrogen-bond acceptors (Lipinski definition) is 4. The van der Waals surface area contributed by atoms with Crippen LogP contribution in [-0.2, 0) is 19.0 Å². The van der Waals surface area contributed by atoms with Crippen LogP contribution in [0.5, 0.6) is 0 Å². The van der Waals surface area contributed by atoms with E-state index in [9.17, 15) is 4.79 Å². The summed E-state index contributed by atoms with van der Waals surface area (Å²) in [5.41, 5.74) is 0.422. The minimum Gasteiger partial charge on any atom is -0.438 e. The van der Waals surface area contributed by atoms with Gasteiger partial charge in [-0.25, -0.2) is 0 Å². The highest BCUT2D eigenvalue weighted by Gasteiger charge is 2.60. The van der Waals surface area contributed by atoms with Gasteiger partial charge in [0.2, 0.25) is 0 Å². The number of carbonyl (C=O) groups is 1. The number of carbonyl (C=O) groups excluding carboxylic acids is 1. The van der Waals surface area contributed by atoms with E-state index in [0.717, 1.165) is 25.2 Å². The molecule has 0 N–H and O–H groups in total. The molecule has 138 valence electrons. The molecule has 0 amide bonds. The van der Waals surface area contributed by atoms with E-state index in [4.69, 9.17) is 14.2 Å². The first-order chi connectivity index (χ1) is 11.3. The van der Waals surface area contributed by atoms with Crippen molar-refractivity contribution in [3.05, 3.63) is 0 Å². The Kier molecular flexibility index (Phi) is 5.00. The van der Waals surface area contributed by atoms with E-state index >= 15 is 0 Å². The van der Waals surface area contributed by atoms with Crippen molar-refractivity contribution in [3.8, 4) is 0 Å². The van der Waals surface area contributed by atoms with Crippen LogP contribution in [-0.4, -0.2) is 31.1 Å². The third-order valence-corrected chi connectivity index (χ3v) is 7.07. The monoisotopic (exact) mass is 338 g/mol. The van der Waals surface area contributed by atoms with E-state index in [1.165, 1.54) is 19.3 Å². The third kappa shape index (κ3) is 3.01. The molecule has 3 aliphatic rings. The molecular weight excluding hydrogens is 304 g/mol. The average molecular weight is 338 g/mol. The Balaban J connectivity index is 1.52. The minimum absolute atomic E-state index is 0.00102. The van der Waals surface area contributed by atoms with Crippen molar-refractivity contribution in [3.63, 3.8) is 0 Å². The second kappa shape index (κ2) is 6.60. The fraction of sp³-hybridized carbons (Fsp3) is 0.950. The van der Waals surface area contributed by atoms with Crippen LogP contribution in [0.1, 0.15) is 73.1 Å². The number of ether oxygens (including phenoxy) is 3. The topological polar surface area (TPSA) is 44.8 Å². The molecule has 24 heavy (non-hydrogen) atoms. The molecule has 2 saturated carbocycles. The summed E-state index contributed by atoms with van der Waals surface area (Å²) >= 11 is 0. The third-order valence-electron chi connectivity index (χ3n) is 7.07. The molecule has 6 atom stereocenters. The lowest BCUT2D eigenvalue weighted by Crippen LogP contribution is -2.43. The fourth-order valence-electron chi connectivity index (χ4n) is 5.66. The highest BCUT2D eigenvalue weighted by atomic mass is 16.7. The summed E-state index contributed by atoms with van der Waals surface area (Å²) in [5, 5.41) is 0. The Morgan fingerprint density at radius 1 is 1.21 bits per heavy atom. The van der Waals surface area contributed by atoms with Crippen LogP contribution in [0.25, 0.3) is 0 Å². The normalized spacial score (nSPS) is 43.3. The molecule has 4 nitrogen and oxygen atoms in total. The molecule has 0 spiro atoms. The van der Waals surface area contributed by atoms with E-state index in [2.05, 4.69) is 34.6 Å². The van der Waals surface area contributed by atoms with Crippen LogP contribution < -0.4 is 0 Å². The van der Waals surface area contributed by atoms with Crippen LogP contribution >= 0.6 is 0 Å². The lowest BCUT2D eigenvalue weighted by molar-refractivity contribution is -0.184. The van der Waals surface area contributed by atoms with Gasteiger partial charge in [0.1, 0.15) is 0 Å². The van der Waals surface area contributed by atoms with Gasteiger partial charge < -0.3 is 14.2 Å². The maximum Gasteiger partial charge on any atom is 0.313 e. The molecule has 1 heterocycles. The van der Waals surface area contributed by atoms with Gasteiger partial charge in [-0.1, -0.05) is 34.6 Å². The van der Waals surface area contributed by atoms with Crippen LogP contribution in [0.3, 0.4) is 0 Å². The number of hydrogen-bond donors (Lipinski definition) is 0. The predicted molar refractivity (Wildman–Crippen MR) is 92.4 cm³/mol. The van der Waals surface area contributed by atoms with Gasteiger partial charge in [-0.3, -0.25) is 4.79 Å². The van der Waals surface area contributed by atoms with E-state index in [0.29, 0.717) is 0 Å². The Bertz CT molecular complexity index is 470. The molecule has 0 aromatic rings. The van der Waals surface area contributed by atoms with E-state index in [1.54, 1.807) is 0 Å². The summed E-state index contributed by atoms with van der Waals surface area (Å²) < 4.78 is 17.6. The van der Waals surface area contributed by atoms with Gasteiger partial charge in [0.05, 0.1) is 24.2 Å². The zero-order valence-corrected chi connectivity index (χ0v) is 16.0. The number of fused-ring (bicyclic) bond motifs is 2. The molecule has 1 aliphatic heterocycles. The van der Waals surface area contributed by atoms with Gasteiger partial charge in [0.25, 0.3) is 0 Å². The summed E-state index contributed by atoms with van der Waals surface area (Å²) in [5.74, 6) is 0.456. The van der Waals surface area contributed by atoms with Crippen LogP contribution in [0.15, 0.2) is 0 Å². The van der Waals surface area contributed by atoms with Crippen molar-refractivity contribution in [2.75, 3.05) is 6.79 Å². The summed E-state index contributed by atoms with van der Waals surface area (Å²) in [6, 6.07) is 0. The molecule has 2 bridgehead atoms. The highest BCUT2D eigenvalue weighted by Crippen LogP contribution is 2.63. The molecular formula is C20H34O4. The second-order valence-electron chi connectivity index (χ2n) is 9.00. The summed E-state index contributed by atoms with van der Waals surface area (Å²) in [4.78, 5) is 12.5. The van der Waals surface area contributed by atoms with E-state index < -0.39 is 0 Å². The minimum atomic E-state index is -0.149. The molecule has 1 saturated heterocycles. The van der Waals surface area contributed by atoms with Gasteiger partial charge in [-0.15, -0.1) is 0 Å². The van der Waals surface area contributed by atoms with Crippen molar-refractivity contribution < 1.29 is 19.0 Å². The number of esters is 1. The van der Waals surface area contributed by atoms with Crippen molar-refractivity contribution in [1.29, 1.82) is 0 Å². The Morgan fingerprint density at radius 3 is 2.54 bits per heavy atom. The molecule has 0 aromatic heterocycles. The largest absolute Gasteiger partial charge is 0.438 e. The first-order valence-electron chi connectivity index (χ1n) is 9.75. The number of rotatable bonds is 6. The van der Waals surface area contributed by atoms with Crippen LogP contribution in [0.4, 0.5) is 0 Å². The van der Waals surface area contributed by atoms with Crippen LogP contribution in [0.2, 0.25) is 0 Å². The molecule has 3 fully saturated rings. The van der Waals surface area contributed by atoms with Gasteiger partial charge in [-0.05, 0) is 55.3 Å². The lowest BCUT2D eigenvalue weighted by atomic mass is 9.70. The SMILES string of the molecule is CCC1CC(C(=O)OCOC2C3(C)CCC(C3)C2(C)C)C(CC)O1. The molecule has 3 rings (SSSR count). The second-order valence-corrected chi connectivity index (χ2v) is 9.00. The standard InChI is InChI=1S/C20H34O4/c1-6-14-10-15(16(7-2)24-14)17(21)22-12-23-18-19(3,4)13-8-9-20(18,5)11-13/h13-16,18H,6-12H2,1-5H3. The first kappa shape index (κ1) is 18.2. The van der Waals surface area contributed by atoms with Crippen molar-refractivity contribution in [2.45, 2.75) is 91.5 Å². The van der Waals surface area contributed by atoms with Crippen LogP contribution in [0, 0.1) is 22.7 Å². The van der Waals surface area contributed by atoms with Crippen molar-refractivity contribution >= 4 is 5.97 Å². The molecule has 6 unspecified atom stereocenters. The maximum absolute atomic E-state index is 12.5. The molecule has 0 aromatic carbocycles. The summed E-state index contributed by atoms with van der Waals surface area (Å²) in [6.07, 6.45) is 6.73. The fourth-order valence-corrected chi connectivity index (χ4v) is 5.66. The molecule has 4 heteroatoms. The van der Waals surface area contributed by atoms with Gasteiger partial charge in [-0.2, -0.15) is 0 Å². The quantitative estimate of drug-likeness (QED) is 0.535. The van der Waals surface area contributed by atoms with Crippen molar-refractivity contribution in [2.24, 2.45) is 22.7 Å². The van der Waals surface area contributed by atoms with E-state index in [1.807, 2.05) is 0 Å². The first-order valence-corrected chi connectivity index (χ1v) is 9.75. The Hall–Kier alpha value is -0.610. The average Bonchev–Trinajstić information content (AvgIpc) is 3.18. The van der Waals surface area contributed by atoms with Gasteiger partial charge >= 0.3 is 5.97 Å². The molecule has 0 radical (unpaired) electrons. The predicted octanol–water partition coefficient (Wildman–Crippen LogP) is 4.31. The smallest absolute Gasteiger partial charge is 0.313 e. The zero-order chi connectivity index (χ0) is 17.5. The maximum atomic E-state index is 12.5. The van der Waals surface area contributed by atoms with Gasteiger partial charge in [0, 0.05) is 0 Å². The van der Waals surface area contributed by atoms with Crippen molar-refractivity contribution in [1.82, 2.24) is 0 Å². The van der Waals surface area contributed by atoms with Gasteiger partial charge in [0.15, 0.2) is 6.79 Å². The van der Waals surface area contributed by atoms with E-state index in [-0.39, 0.29) is 47.8 Å². The summed E-state index contributed by atoms with van der Waals surface area (Å²) in [7, 11) is 0. The molecule has 2 aliphatic carbocycles. The highest BCUT2D eigenvalue weighted by molar-refractivity contribution is 5.73. The Morgan fingerprint density at radius 2 is 1.96 bits per heavy atom.